The van der Waals surface area contributed by atoms with E-state index >= 15 is 0 Å². The maximum Gasteiger partial charge on any atom is 0.151 e. The number of rotatable bonds is 5. The molecular weight excluding hydrogens is 228 g/mol. The molecule has 0 amide bonds. The van der Waals surface area contributed by atoms with Crippen LogP contribution >= 0.6 is 0 Å². The molecule has 3 N–H and O–H groups in total. The molecule has 0 bridgehead atoms. The zero-order chi connectivity index (χ0) is 12.3. The van der Waals surface area contributed by atoms with Crippen LogP contribution in [-0.2, 0) is 23.3 Å². The van der Waals surface area contributed by atoms with E-state index in [1.807, 2.05) is 17.8 Å². The lowest BCUT2D eigenvalue weighted by Gasteiger charge is -2.21. The highest BCUT2D eigenvalue weighted by Crippen LogP contribution is 2.09. The Morgan fingerprint density at radius 2 is 2.25 bits per heavy atom. The van der Waals surface area contributed by atoms with Gasteiger partial charge in [0.25, 0.3) is 0 Å². The number of imidazole rings is 1. The first-order valence-corrected chi connectivity index (χ1v) is 6.93. The van der Waals surface area contributed by atoms with Gasteiger partial charge in [-0.25, -0.2) is 13.4 Å². The first kappa shape index (κ1) is 13.1. The van der Waals surface area contributed by atoms with Crippen LogP contribution in [0.15, 0.2) is 12.4 Å². The first-order chi connectivity index (χ1) is 7.36. The van der Waals surface area contributed by atoms with Gasteiger partial charge in [0.05, 0.1) is 5.25 Å². The zero-order valence-electron chi connectivity index (χ0n) is 9.71. The van der Waals surface area contributed by atoms with Crippen molar-refractivity contribution in [1.29, 1.82) is 0 Å². The molecule has 92 valence electrons. The molecule has 0 saturated heterocycles. The normalized spacial score (nSPS) is 16.0. The molecule has 2 unspecified atom stereocenters. The van der Waals surface area contributed by atoms with Crippen LogP contribution < -0.4 is 11.3 Å². The second-order valence-electron chi connectivity index (χ2n) is 3.97. The molecule has 0 aliphatic carbocycles. The van der Waals surface area contributed by atoms with Crippen LogP contribution in [0.2, 0.25) is 0 Å². The number of hydrogen-bond acceptors (Lipinski definition) is 5. The third-order valence-electron chi connectivity index (χ3n) is 2.78. The van der Waals surface area contributed by atoms with Gasteiger partial charge in [-0.1, -0.05) is 0 Å². The molecule has 16 heavy (non-hydrogen) atoms. The molecule has 1 aromatic rings. The highest BCUT2D eigenvalue weighted by atomic mass is 32.2. The van der Waals surface area contributed by atoms with Gasteiger partial charge in [-0.05, 0) is 6.92 Å². The van der Waals surface area contributed by atoms with Crippen molar-refractivity contribution in [1.82, 2.24) is 15.0 Å². The van der Waals surface area contributed by atoms with Crippen molar-refractivity contribution < 1.29 is 8.42 Å². The Morgan fingerprint density at radius 3 is 2.62 bits per heavy atom. The molecule has 0 saturated carbocycles. The minimum Gasteiger partial charge on any atom is -0.338 e. The molecule has 1 heterocycles. The summed E-state index contributed by atoms with van der Waals surface area (Å²) in [7, 11) is -1.25. The number of nitrogens with zero attached hydrogens (tertiary/aromatic N) is 2. The fraction of sp³-hybridized carbons (Fsp3) is 0.667. The summed E-state index contributed by atoms with van der Waals surface area (Å²) in [5.74, 6) is 6.19. The van der Waals surface area contributed by atoms with Gasteiger partial charge in [0.15, 0.2) is 9.84 Å². The summed E-state index contributed by atoms with van der Waals surface area (Å²) < 4.78 is 24.7. The number of nitrogens with one attached hydrogen (secondary N) is 1. The minimum atomic E-state index is -3.11. The van der Waals surface area contributed by atoms with E-state index in [-0.39, 0.29) is 6.04 Å². The highest BCUT2D eigenvalue weighted by molar-refractivity contribution is 7.91. The van der Waals surface area contributed by atoms with Gasteiger partial charge in [-0.2, -0.15) is 0 Å². The predicted molar refractivity (Wildman–Crippen MR) is 62.3 cm³/mol. The van der Waals surface area contributed by atoms with Crippen molar-refractivity contribution in [2.75, 3.05) is 6.26 Å². The van der Waals surface area contributed by atoms with Gasteiger partial charge < -0.3 is 4.57 Å². The molecule has 2 atom stereocenters. The lowest BCUT2D eigenvalue weighted by Crippen LogP contribution is -2.47. The van der Waals surface area contributed by atoms with E-state index in [1.165, 1.54) is 6.26 Å². The van der Waals surface area contributed by atoms with Crippen LogP contribution in [0.1, 0.15) is 12.7 Å². The second kappa shape index (κ2) is 4.94. The summed E-state index contributed by atoms with van der Waals surface area (Å²) in [6, 6.07) is -0.337. The van der Waals surface area contributed by atoms with Gasteiger partial charge in [0.2, 0.25) is 0 Å². The summed E-state index contributed by atoms with van der Waals surface area (Å²) in [5.41, 5.74) is 2.54. The third-order valence-corrected chi connectivity index (χ3v) is 4.46. The fourth-order valence-corrected chi connectivity index (χ4v) is 2.22. The van der Waals surface area contributed by atoms with E-state index in [2.05, 4.69) is 10.4 Å². The van der Waals surface area contributed by atoms with Crippen LogP contribution in [0.5, 0.6) is 0 Å². The lowest BCUT2D eigenvalue weighted by atomic mass is 10.1. The van der Waals surface area contributed by atoms with E-state index in [0.717, 1.165) is 5.82 Å². The van der Waals surface area contributed by atoms with Gasteiger partial charge >= 0.3 is 0 Å². The number of aryl methyl sites for hydroxylation is 1. The summed E-state index contributed by atoms with van der Waals surface area (Å²) in [6.45, 7) is 1.64. The van der Waals surface area contributed by atoms with Crippen molar-refractivity contribution in [3.63, 3.8) is 0 Å². The van der Waals surface area contributed by atoms with Crippen molar-refractivity contribution >= 4 is 9.84 Å². The highest BCUT2D eigenvalue weighted by Gasteiger charge is 2.26. The van der Waals surface area contributed by atoms with Gasteiger partial charge in [0.1, 0.15) is 5.82 Å². The minimum absolute atomic E-state index is 0.337. The molecule has 0 aliphatic heterocycles. The first-order valence-electron chi connectivity index (χ1n) is 4.97. The Hall–Kier alpha value is -0.920. The standard InChI is InChI=1S/C9H18N4O2S/c1-7(16(3,14)15)8(12-10)6-9-11-4-5-13(9)2/h4-5,7-8,12H,6,10H2,1-3H3. The smallest absolute Gasteiger partial charge is 0.151 e. The van der Waals surface area contributed by atoms with Crippen molar-refractivity contribution in [3.05, 3.63) is 18.2 Å². The van der Waals surface area contributed by atoms with Crippen LogP contribution in [-0.4, -0.2) is 35.5 Å². The van der Waals surface area contributed by atoms with E-state index in [0.29, 0.717) is 6.42 Å². The Morgan fingerprint density at radius 1 is 1.62 bits per heavy atom. The Bertz CT molecular complexity index is 440. The summed E-state index contributed by atoms with van der Waals surface area (Å²) in [6.07, 6.45) is 5.18. The predicted octanol–water partition coefficient (Wildman–Crippen LogP) is -0.772. The molecule has 0 aliphatic rings. The van der Waals surface area contributed by atoms with E-state index in [1.54, 1.807) is 13.1 Å². The van der Waals surface area contributed by atoms with Crippen LogP contribution in [0.25, 0.3) is 0 Å². The summed E-state index contributed by atoms with van der Waals surface area (Å²) in [4.78, 5) is 4.14. The monoisotopic (exact) mass is 246 g/mol. The maximum absolute atomic E-state index is 11.4. The van der Waals surface area contributed by atoms with Crippen LogP contribution in [0, 0.1) is 0 Å². The van der Waals surface area contributed by atoms with E-state index < -0.39 is 15.1 Å². The maximum atomic E-state index is 11.4. The number of hydrogen-bond donors (Lipinski definition) is 2. The van der Waals surface area contributed by atoms with Gasteiger partial charge in [0, 0.05) is 38.2 Å². The van der Waals surface area contributed by atoms with E-state index in [4.69, 9.17) is 5.84 Å². The topological polar surface area (TPSA) is 90.0 Å². The molecule has 1 rings (SSSR count). The van der Waals surface area contributed by atoms with Gasteiger partial charge in [-0.15, -0.1) is 0 Å². The largest absolute Gasteiger partial charge is 0.338 e. The van der Waals surface area contributed by atoms with Crippen LogP contribution in [0.3, 0.4) is 0 Å². The average Bonchev–Trinajstić information content (AvgIpc) is 2.58. The SMILES string of the molecule is CC(C(Cc1nccn1C)NN)S(C)(=O)=O. The molecule has 6 nitrogen and oxygen atoms in total. The summed E-state index contributed by atoms with van der Waals surface area (Å²) >= 11 is 0. The quantitative estimate of drug-likeness (QED) is 0.526. The van der Waals surface area contributed by atoms with Crippen LogP contribution in [0.4, 0.5) is 0 Å². The second-order valence-corrected chi connectivity index (χ2v) is 6.37. The van der Waals surface area contributed by atoms with Crippen molar-refractivity contribution in [2.24, 2.45) is 12.9 Å². The Balaban J connectivity index is 2.81. The van der Waals surface area contributed by atoms with Crippen molar-refractivity contribution in [3.8, 4) is 0 Å². The number of aromatic nitrogens is 2. The summed E-state index contributed by atoms with van der Waals surface area (Å²) in [5, 5.41) is -0.547. The molecule has 7 heteroatoms. The number of hydrazine groups is 1. The molecule has 0 fully saturated rings. The zero-order valence-corrected chi connectivity index (χ0v) is 10.5. The Kier molecular flexibility index (Phi) is 4.06. The van der Waals surface area contributed by atoms with E-state index in [9.17, 15) is 8.42 Å². The lowest BCUT2D eigenvalue weighted by molar-refractivity contribution is 0.481. The molecular formula is C9H18N4O2S. The number of sulfone groups is 1. The third kappa shape index (κ3) is 3.03. The van der Waals surface area contributed by atoms with Crippen molar-refractivity contribution in [2.45, 2.75) is 24.6 Å². The number of nitrogens with two attached hydrogens (primary N) is 1. The molecule has 0 spiro atoms. The molecule has 0 aromatic carbocycles. The average molecular weight is 246 g/mol. The fourth-order valence-electron chi connectivity index (χ4n) is 1.45. The molecule has 0 radical (unpaired) electrons. The molecule has 1 aromatic heterocycles. The van der Waals surface area contributed by atoms with Gasteiger partial charge in [-0.3, -0.25) is 11.3 Å². The Labute approximate surface area is 95.7 Å².